The lowest BCUT2D eigenvalue weighted by atomic mass is 9.63. The van der Waals surface area contributed by atoms with Gasteiger partial charge < -0.3 is 0 Å². The third kappa shape index (κ3) is 2.90. The van der Waals surface area contributed by atoms with Gasteiger partial charge in [0.2, 0.25) is 5.24 Å². The fraction of sp³-hybridized carbons (Fsp3) is 0.833. The normalized spacial score (nSPS) is 13.4. The summed E-state index contributed by atoms with van der Waals surface area (Å²) in [6.45, 7) is 5.99. The van der Waals surface area contributed by atoms with Crippen molar-refractivity contribution in [3.8, 4) is 0 Å². The van der Waals surface area contributed by atoms with Crippen molar-refractivity contribution in [2.24, 2.45) is 5.92 Å². The highest BCUT2D eigenvalue weighted by molar-refractivity contribution is 6.70. The Kier molecular flexibility index (Phi) is 3.95. The first-order chi connectivity index (χ1) is 4.09. The van der Waals surface area contributed by atoms with Gasteiger partial charge in [0.05, 0.1) is 0 Å². The Bertz CT molecular complexity index is 103. The molecule has 3 heteroatoms. The molecule has 0 aliphatic rings. The molecule has 0 saturated carbocycles. The van der Waals surface area contributed by atoms with Crippen molar-refractivity contribution in [1.82, 2.24) is 0 Å². The molecular formula is C6H12BClO. The van der Waals surface area contributed by atoms with E-state index in [0.29, 0.717) is 5.92 Å². The predicted molar refractivity (Wildman–Crippen MR) is 42.5 cm³/mol. The van der Waals surface area contributed by atoms with Crippen molar-refractivity contribution in [2.75, 3.05) is 0 Å². The summed E-state index contributed by atoms with van der Waals surface area (Å²) < 4.78 is 0. The minimum absolute atomic E-state index is 0.0478. The Morgan fingerprint density at radius 3 is 2.00 bits per heavy atom. The summed E-state index contributed by atoms with van der Waals surface area (Å²) in [5, 5.41) is -0.201. The van der Waals surface area contributed by atoms with Crippen molar-refractivity contribution in [3.05, 3.63) is 0 Å². The molecule has 0 N–H and O–H groups in total. The van der Waals surface area contributed by atoms with Crippen molar-refractivity contribution in [2.45, 2.75) is 26.5 Å². The second kappa shape index (κ2) is 3.94. The summed E-state index contributed by atoms with van der Waals surface area (Å²) in [6, 6.07) is 0. The Balaban J connectivity index is 3.83. The smallest absolute Gasteiger partial charge is 0.217 e. The standard InChI is InChI=1S/C6H12BClO/c1-4(2)5(7-3)6(8)9/h4-5,7H,1-3H3/t5-/m1/s1. The summed E-state index contributed by atoms with van der Waals surface area (Å²) in [6.07, 6.45) is 0. The average Bonchev–Trinajstić information content (AvgIpc) is 1.64. The van der Waals surface area contributed by atoms with Crippen molar-refractivity contribution in [1.29, 1.82) is 0 Å². The van der Waals surface area contributed by atoms with E-state index in [1.807, 2.05) is 20.7 Å². The molecule has 0 aliphatic heterocycles. The third-order valence-electron chi connectivity index (χ3n) is 1.54. The van der Waals surface area contributed by atoms with E-state index in [-0.39, 0.29) is 11.1 Å². The van der Waals surface area contributed by atoms with Crippen molar-refractivity contribution >= 4 is 24.1 Å². The Morgan fingerprint density at radius 1 is 1.56 bits per heavy atom. The molecule has 52 valence electrons. The van der Waals surface area contributed by atoms with E-state index in [1.165, 1.54) is 0 Å². The summed E-state index contributed by atoms with van der Waals surface area (Å²) in [5.41, 5.74) is 0. The van der Waals surface area contributed by atoms with Gasteiger partial charge in [-0.05, 0) is 17.5 Å². The minimum Gasteiger partial charge on any atom is -0.282 e. The molecule has 0 radical (unpaired) electrons. The maximum Gasteiger partial charge on any atom is 0.217 e. The topological polar surface area (TPSA) is 17.1 Å². The SMILES string of the molecule is CB[C@@H](C(=O)Cl)C(C)C. The van der Waals surface area contributed by atoms with Crippen molar-refractivity contribution < 1.29 is 4.79 Å². The minimum atomic E-state index is -0.201. The lowest BCUT2D eigenvalue weighted by molar-refractivity contribution is -0.112. The zero-order chi connectivity index (χ0) is 7.44. The monoisotopic (exact) mass is 146 g/mol. The number of hydrogen-bond donors (Lipinski definition) is 0. The molecule has 0 rings (SSSR count). The van der Waals surface area contributed by atoms with Crippen LogP contribution in [-0.2, 0) is 4.79 Å². The second-order valence-corrected chi connectivity index (χ2v) is 2.94. The fourth-order valence-electron chi connectivity index (χ4n) is 0.894. The van der Waals surface area contributed by atoms with Crippen LogP contribution in [0, 0.1) is 5.92 Å². The van der Waals surface area contributed by atoms with Crippen LogP contribution in [0.25, 0.3) is 0 Å². The number of hydrogen-bond acceptors (Lipinski definition) is 1. The number of carbonyl (C=O) groups excluding carboxylic acids is 1. The van der Waals surface area contributed by atoms with Crippen LogP contribution in [0.4, 0.5) is 0 Å². The molecule has 9 heavy (non-hydrogen) atoms. The largest absolute Gasteiger partial charge is 0.282 e. The predicted octanol–water partition coefficient (Wildman–Crippen LogP) is 1.68. The molecule has 0 heterocycles. The van der Waals surface area contributed by atoms with Gasteiger partial charge in [0.15, 0.2) is 0 Å². The summed E-state index contributed by atoms with van der Waals surface area (Å²) in [4.78, 5) is 10.6. The van der Waals surface area contributed by atoms with E-state index in [9.17, 15) is 4.79 Å². The molecule has 0 spiro atoms. The maximum atomic E-state index is 10.6. The quantitative estimate of drug-likeness (QED) is 0.437. The maximum absolute atomic E-state index is 10.6. The van der Waals surface area contributed by atoms with E-state index in [1.54, 1.807) is 0 Å². The molecular weight excluding hydrogens is 134 g/mol. The van der Waals surface area contributed by atoms with Crippen molar-refractivity contribution in [3.63, 3.8) is 0 Å². The molecule has 0 aromatic carbocycles. The molecule has 0 fully saturated rings. The molecule has 1 atom stereocenters. The van der Waals surface area contributed by atoms with Crippen LogP contribution in [-0.4, -0.2) is 12.5 Å². The van der Waals surface area contributed by atoms with Gasteiger partial charge >= 0.3 is 0 Å². The third-order valence-corrected chi connectivity index (χ3v) is 1.82. The Morgan fingerprint density at radius 2 is 2.00 bits per heavy atom. The van der Waals surface area contributed by atoms with Gasteiger partial charge in [0.1, 0.15) is 7.28 Å². The van der Waals surface area contributed by atoms with Crippen LogP contribution in [0.2, 0.25) is 12.6 Å². The van der Waals surface area contributed by atoms with Gasteiger partial charge in [0.25, 0.3) is 0 Å². The summed E-state index contributed by atoms with van der Waals surface area (Å²) >= 11 is 5.30. The molecule has 0 aliphatic carbocycles. The lowest BCUT2D eigenvalue weighted by Gasteiger charge is -2.11. The first-order valence-corrected chi connectivity index (χ1v) is 3.66. The molecule has 0 bridgehead atoms. The zero-order valence-electron chi connectivity index (χ0n) is 6.15. The number of carbonyl (C=O) groups is 1. The molecule has 1 nitrogen and oxygen atoms in total. The van der Waals surface area contributed by atoms with E-state index >= 15 is 0 Å². The van der Waals surface area contributed by atoms with Gasteiger partial charge in [-0.1, -0.05) is 20.7 Å². The number of halogens is 1. The van der Waals surface area contributed by atoms with E-state index in [4.69, 9.17) is 11.6 Å². The van der Waals surface area contributed by atoms with Crippen LogP contribution in [0.5, 0.6) is 0 Å². The molecule has 0 unspecified atom stereocenters. The first kappa shape index (κ1) is 9.02. The van der Waals surface area contributed by atoms with E-state index in [0.717, 1.165) is 7.28 Å². The Labute approximate surface area is 62.0 Å². The average molecular weight is 146 g/mol. The molecule has 0 aromatic rings. The van der Waals surface area contributed by atoms with Gasteiger partial charge in [-0.2, -0.15) is 0 Å². The van der Waals surface area contributed by atoms with Crippen LogP contribution in [0.15, 0.2) is 0 Å². The lowest BCUT2D eigenvalue weighted by Crippen LogP contribution is -2.13. The fourth-order valence-corrected chi connectivity index (χ4v) is 1.30. The molecule has 0 aromatic heterocycles. The van der Waals surface area contributed by atoms with Crippen LogP contribution in [0.1, 0.15) is 13.8 Å². The van der Waals surface area contributed by atoms with Crippen LogP contribution in [0.3, 0.4) is 0 Å². The van der Waals surface area contributed by atoms with Gasteiger partial charge in [-0.25, -0.2) is 0 Å². The second-order valence-electron chi connectivity index (χ2n) is 2.56. The zero-order valence-corrected chi connectivity index (χ0v) is 6.90. The summed E-state index contributed by atoms with van der Waals surface area (Å²) in [5.74, 6) is 0.423. The highest BCUT2D eigenvalue weighted by atomic mass is 35.5. The highest BCUT2D eigenvalue weighted by Gasteiger charge is 2.17. The van der Waals surface area contributed by atoms with E-state index < -0.39 is 0 Å². The number of rotatable bonds is 3. The summed E-state index contributed by atoms with van der Waals surface area (Å²) in [7, 11) is 0.847. The van der Waals surface area contributed by atoms with Crippen LogP contribution < -0.4 is 0 Å². The molecule has 0 saturated heterocycles. The van der Waals surface area contributed by atoms with Gasteiger partial charge in [-0.15, -0.1) is 0 Å². The van der Waals surface area contributed by atoms with Gasteiger partial charge in [-0.3, -0.25) is 4.79 Å². The highest BCUT2D eigenvalue weighted by Crippen LogP contribution is 2.18. The van der Waals surface area contributed by atoms with E-state index in [2.05, 4.69) is 0 Å². The Hall–Kier alpha value is 0.0249. The van der Waals surface area contributed by atoms with Crippen LogP contribution >= 0.6 is 11.6 Å². The molecule has 0 amide bonds. The van der Waals surface area contributed by atoms with Gasteiger partial charge in [0, 0.05) is 5.82 Å². The first-order valence-electron chi connectivity index (χ1n) is 3.29.